The van der Waals surface area contributed by atoms with Crippen LogP contribution in [0.2, 0.25) is 0 Å². The van der Waals surface area contributed by atoms with Crippen LogP contribution in [0.25, 0.3) is 0 Å². The van der Waals surface area contributed by atoms with Gasteiger partial charge in [-0.15, -0.1) is 0 Å². The summed E-state index contributed by atoms with van der Waals surface area (Å²) in [4.78, 5) is 2.17. The van der Waals surface area contributed by atoms with Gasteiger partial charge in [0.1, 0.15) is 0 Å². The number of halogens is 3. The minimum atomic E-state index is -4.09. The molecule has 0 spiro atoms. The largest absolute Gasteiger partial charge is 0.389 e. The normalized spacial score (nSPS) is 18.7. The first-order valence-electron chi connectivity index (χ1n) is 7.45. The Morgan fingerprint density at radius 3 is 2.38 bits per heavy atom. The third-order valence-corrected chi connectivity index (χ3v) is 4.21. The molecule has 0 amide bonds. The van der Waals surface area contributed by atoms with E-state index >= 15 is 0 Å². The Labute approximate surface area is 124 Å². The van der Waals surface area contributed by atoms with Crippen molar-refractivity contribution in [3.63, 3.8) is 0 Å². The number of nitrogens with zero attached hydrogens (tertiary/aromatic N) is 1. The molecule has 1 aromatic rings. The van der Waals surface area contributed by atoms with E-state index in [1.54, 1.807) is 0 Å². The van der Waals surface area contributed by atoms with Crippen molar-refractivity contribution in [2.75, 3.05) is 26.2 Å². The summed E-state index contributed by atoms with van der Waals surface area (Å²) >= 11 is 0. The van der Waals surface area contributed by atoms with Gasteiger partial charge in [0.2, 0.25) is 0 Å². The van der Waals surface area contributed by atoms with Crippen molar-refractivity contribution in [2.24, 2.45) is 0 Å². The molecule has 0 aliphatic carbocycles. The Hall–Kier alpha value is -1.07. The molecule has 1 aliphatic heterocycles. The molecule has 0 saturated carbocycles. The molecule has 1 atom stereocenters. The van der Waals surface area contributed by atoms with Crippen molar-refractivity contribution in [3.05, 3.63) is 34.9 Å². The zero-order chi connectivity index (χ0) is 15.5. The van der Waals surface area contributed by atoms with Crippen molar-refractivity contribution in [3.8, 4) is 0 Å². The number of aryl methyl sites for hydroxylation is 2. The van der Waals surface area contributed by atoms with E-state index in [0.717, 1.165) is 37.3 Å². The molecule has 5 heteroatoms. The minimum Gasteiger partial charge on any atom is -0.314 e. The fourth-order valence-corrected chi connectivity index (χ4v) is 2.83. The number of nitrogens with one attached hydrogen (secondary N) is 1. The highest BCUT2D eigenvalue weighted by atomic mass is 19.4. The lowest BCUT2D eigenvalue weighted by atomic mass is 9.96. The summed E-state index contributed by atoms with van der Waals surface area (Å²) in [5, 5.41) is 3.25. The first-order chi connectivity index (χ1) is 9.87. The second-order valence-electron chi connectivity index (χ2n) is 5.80. The van der Waals surface area contributed by atoms with Crippen molar-refractivity contribution >= 4 is 0 Å². The maximum absolute atomic E-state index is 12.6. The standard InChI is InChI=1S/C16H23F3N2/c1-12-3-4-14(11-13(12)2)15(5-6-16(17,18)19)21-9-7-20-8-10-21/h3-4,11,15,20H,5-10H2,1-2H3/t15-/m1/s1. The van der Waals surface area contributed by atoms with Gasteiger partial charge in [0, 0.05) is 38.6 Å². The number of rotatable bonds is 4. The summed E-state index contributed by atoms with van der Waals surface area (Å²) in [6.07, 6.45) is -4.69. The van der Waals surface area contributed by atoms with Crippen LogP contribution in [0.1, 0.15) is 35.6 Å². The van der Waals surface area contributed by atoms with Crippen molar-refractivity contribution < 1.29 is 13.2 Å². The molecule has 21 heavy (non-hydrogen) atoms. The van der Waals surface area contributed by atoms with E-state index in [1.807, 2.05) is 32.0 Å². The summed E-state index contributed by atoms with van der Waals surface area (Å²) in [7, 11) is 0. The van der Waals surface area contributed by atoms with E-state index in [2.05, 4.69) is 10.2 Å². The smallest absolute Gasteiger partial charge is 0.314 e. The van der Waals surface area contributed by atoms with E-state index < -0.39 is 12.6 Å². The number of piperazine rings is 1. The van der Waals surface area contributed by atoms with Crippen LogP contribution in [0.4, 0.5) is 13.2 Å². The van der Waals surface area contributed by atoms with Crippen LogP contribution < -0.4 is 5.32 Å². The van der Waals surface area contributed by atoms with Gasteiger partial charge in [-0.3, -0.25) is 4.90 Å². The third kappa shape index (κ3) is 4.71. The molecular formula is C16H23F3N2. The Morgan fingerprint density at radius 2 is 1.81 bits per heavy atom. The van der Waals surface area contributed by atoms with Gasteiger partial charge >= 0.3 is 6.18 Å². The Bertz CT molecular complexity index is 465. The second-order valence-corrected chi connectivity index (χ2v) is 5.80. The van der Waals surface area contributed by atoms with Crippen molar-refractivity contribution in [1.82, 2.24) is 10.2 Å². The van der Waals surface area contributed by atoms with Gasteiger partial charge in [0.25, 0.3) is 0 Å². The first kappa shape index (κ1) is 16.3. The number of hydrogen-bond donors (Lipinski definition) is 1. The number of hydrogen-bond acceptors (Lipinski definition) is 2. The van der Waals surface area contributed by atoms with E-state index in [4.69, 9.17) is 0 Å². The average Bonchev–Trinajstić information content (AvgIpc) is 2.43. The minimum absolute atomic E-state index is 0.131. The molecule has 2 rings (SSSR count). The Morgan fingerprint density at radius 1 is 1.14 bits per heavy atom. The summed E-state index contributed by atoms with van der Waals surface area (Å²) in [6, 6.07) is 5.88. The maximum atomic E-state index is 12.6. The molecule has 1 N–H and O–H groups in total. The highest BCUT2D eigenvalue weighted by Crippen LogP contribution is 2.32. The molecule has 0 aromatic heterocycles. The van der Waals surface area contributed by atoms with Crippen molar-refractivity contribution in [1.29, 1.82) is 0 Å². The SMILES string of the molecule is Cc1ccc([C@@H](CCC(F)(F)F)N2CCNCC2)cc1C. The van der Waals surface area contributed by atoms with Crippen LogP contribution in [-0.2, 0) is 0 Å². The summed E-state index contributed by atoms with van der Waals surface area (Å²) in [5.41, 5.74) is 3.32. The fraction of sp³-hybridized carbons (Fsp3) is 0.625. The van der Waals surface area contributed by atoms with Gasteiger partial charge in [-0.1, -0.05) is 18.2 Å². The lowest BCUT2D eigenvalue weighted by molar-refractivity contribution is -0.138. The zero-order valence-corrected chi connectivity index (χ0v) is 12.6. The molecule has 1 aromatic carbocycles. The van der Waals surface area contributed by atoms with E-state index in [0.29, 0.717) is 0 Å². The monoisotopic (exact) mass is 300 g/mol. The molecule has 1 aliphatic rings. The molecule has 1 heterocycles. The third-order valence-electron chi connectivity index (χ3n) is 4.21. The van der Waals surface area contributed by atoms with Gasteiger partial charge in [0.15, 0.2) is 0 Å². The quantitative estimate of drug-likeness (QED) is 0.914. The van der Waals surface area contributed by atoms with Gasteiger partial charge in [-0.25, -0.2) is 0 Å². The van der Waals surface area contributed by atoms with Gasteiger partial charge in [0.05, 0.1) is 0 Å². The highest BCUT2D eigenvalue weighted by Gasteiger charge is 2.31. The first-order valence-corrected chi connectivity index (χ1v) is 7.45. The molecule has 0 unspecified atom stereocenters. The molecule has 0 bridgehead atoms. The molecule has 0 radical (unpaired) electrons. The van der Waals surface area contributed by atoms with Crippen molar-refractivity contribution in [2.45, 2.75) is 38.9 Å². The van der Waals surface area contributed by atoms with Crippen LogP contribution in [-0.4, -0.2) is 37.3 Å². The van der Waals surface area contributed by atoms with Crippen LogP contribution in [0.3, 0.4) is 0 Å². The fourth-order valence-electron chi connectivity index (χ4n) is 2.83. The number of benzene rings is 1. The lowest BCUT2D eigenvalue weighted by Gasteiger charge is -2.35. The highest BCUT2D eigenvalue weighted by molar-refractivity contribution is 5.31. The Balaban J connectivity index is 2.18. The number of alkyl halides is 3. The van der Waals surface area contributed by atoms with Crippen LogP contribution in [0.15, 0.2) is 18.2 Å². The molecule has 118 valence electrons. The lowest BCUT2D eigenvalue weighted by Crippen LogP contribution is -2.45. The van der Waals surface area contributed by atoms with Crippen LogP contribution >= 0.6 is 0 Å². The summed E-state index contributed by atoms with van der Waals surface area (Å²) in [5.74, 6) is 0. The van der Waals surface area contributed by atoms with Crippen LogP contribution in [0.5, 0.6) is 0 Å². The average molecular weight is 300 g/mol. The van der Waals surface area contributed by atoms with Gasteiger partial charge in [-0.05, 0) is 37.0 Å². The summed E-state index contributed by atoms with van der Waals surface area (Å²) in [6.45, 7) is 7.32. The Kier molecular flexibility index (Phi) is 5.27. The topological polar surface area (TPSA) is 15.3 Å². The summed E-state index contributed by atoms with van der Waals surface area (Å²) < 4.78 is 37.8. The zero-order valence-electron chi connectivity index (χ0n) is 12.6. The molecule has 1 saturated heterocycles. The molecule has 1 fully saturated rings. The molecular weight excluding hydrogens is 277 g/mol. The van der Waals surface area contributed by atoms with Gasteiger partial charge < -0.3 is 5.32 Å². The molecule has 2 nitrogen and oxygen atoms in total. The van der Waals surface area contributed by atoms with Crippen LogP contribution in [0, 0.1) is 13.8 Å². The van der Waals surface area contributed by atoms with E-state index in [-0.39, 0.29) is 12.5 Å². The van der Waals surface area contributed by atoms with Gasteiger partial charge in [-0.2, -0.15) is 13.2 Å². The van der Waals surface area contributed by atoms with E-state index in [1.165, 1.54) is 5.56 Å². The predicted octanol–water partition coefficient (Wildman–Crippen LogP) is 3.59. The van der Waals surface area contributed by atoms with E-state index in [9.17, 15) is 13.2 Å². The predicted molar refractivity (Wildman–Crippen MR) is 78.4 cm³/mol. The maximum Gasteiger partial charge on any atom is 0.389 e. The second kappa shape index (κ2) is 6.79.